The molecule has 182 valence electrons. The van der Waals surface area contributed by atoms with Crippen LogP contribution in [0.15, 0.2) is 54.6 Å². The number of hydrogen-bond donors (Lipinski definition) is 3. The highest BCUT2D eigenvalue weighted by molar-refractivity contribution is 5.94. The van der Waals surface area contributed by atoms with Crippen LogP contribution in [0, 0.1) is 0 Å². The van der Waals surface area contributed by atoms with Gasteiger partial charge in [-0.15, -0.1) is 0 Å². The van der Waals surface area contributed by atoms with Crippen LogP contribution in [0.3, 0.4) is 0 Å². The summed E-state index contributed by atoms with van der Waals surface area (Å²) in [6.45, 7) is 0.255. The monoisotopic (exact) mass is 478 g/mol. The Labute approximate surface area is 201 Å². The first-order valence-electron chi connectivity index (χ1n) is 11.1. The van der Waals surface area contributed by atoms with E-state index in [1.54, 1.807) is 7.05 Å². The van der Waals surface area contributed by atoms with E-state index in [0.717, 1.165) is 22.3 Å². The molecule has 2 amide bonds. The van der Waals surface area contributed by atoms with Crippen LogP contribution >= 0.6 is 0 Å². The summed E-state index contributed by atoms with van der Waals surface area (Å²) in [5.41, 5.74) is 4.57. The zero-order valence-corrected chi connectivity index (χ0v) is 19.4. The summed E-state index contributed by atoms with van der Waals surface area (Å²) in [5, 5.41) is 18.3. The molecule has 0 aliphatic heterocycles. The molecule has 0 radical (unpaired) electrons. The fourth-order valence-corrected chi connectivity index (χ4v) is 4.18. The van der Waals surface area contributed by atoms with E-state index in [4.69, 9.17) is 14.6 Å². The lowest BCUT2D eigenvalue weighted by atomic mass is 9.98. The number of aromatic nitrogens is 2. The van der Waals surface area contributed by atoms with E-state index in [1.807, 2.05) is 36.4 Å². The van der Waals surface area contributed by atoms with Crippen molar-refractivity contribution < 1.29 is 29.0 Å². The molecule has 0 spiro atoms. The average Bonchev–Trinajstić information content (AvgIpc) is 3.37. The number of carbonyl (C=O) groups excluding carboxylic acids is 2. The van der Waals surface area contributed by atoms with Crippen LogP contribution in [0.2, 0.25) is 0 Å². The van der Waals surface area contributed by atoms with Crippen molar-refractivity contribution in [2.75, 3.05) is 25.6 Å². The van der Waals surface area contributed by atoms with Crippen molar-refractivity contribution >= 4 is 23.8 Å². The van der Waals surface area contributed by atoms with Crippen LogP contribution in [-0.2, 0) is 21.3 Å². The largest absolute Gasteiger partial charge is 0.479 e. The SMILES string of the molecule is COC(CCNC(=O)c1cc(NC(=O)OCC2c3ccccc3-c3ccccc32)n(C)n1)C(=O)O. The molecule has 3 N–H and O–H groups in total. The maximum atomic E-state index is 12.5. The molecule has 0 fully saturated rings. The van der Waals surface area contributed by atoms with Gasteiger partial charge in [0.15, 0.2) is 11.8 Å². The van der Waals surface area contributed by atoms with E-state index in [-0.39, 0.29) is 37.0 Å². The maximum Gasteiger partial charge on any atom is 0.412 e. The van der Waals surface area contributed by atoms with Gasteiger partial charge < -0.3 is 19.9 Å². The molecular weight excluding hydrogens is 452 g/mol. The molecule has 1 heterocycles. The summed E-state index contributed by atoms with van der Waals surface area (Å²) < 4.78 is 11.7. The van der Waals surface area contributed by atoms with Crippen molar-refractivity contribution in [3.05, 3.63) is 71.4 Å². The van der Waals surface area contributed by atoms with Crippen molar-refractivity contribution in [1.29, 1.82) is 0 Å². The topological polar surface area (TPSA) is 132 Å². The van der Waals surface area contributed by atoms with E-state index in [1.165, 1.54) is 17.9 Å². The molecule has 2 aromatic carbocycles. The van der Waals surface area contributed by atoms with Gasteiger partial charge in [-0.1, -0.05) is 48.5 Å². The number of aliphatic carboxylic acids is 1. The Hall–Kier alpha value is -4.18. The zero-order valence-electron chi connectivity index (χ0n) is 19.4. The van der Waals surface area contributed by atoms with Gasteiger partial charge in [0.2, 0.25) is 0 Å². The summed E-state index contributed by atoms with van der Waals surface area (Å²) in [6.07, 6.45) is -1.56. The van der Waals surface area contributed by atoms with Gasteiger partial charge in [0.25, 0.3) is 5.91 Å². The van der Waals surface area contributed by atoms with E-state index in [9.17, 15) is 14.4 Å². The van der Waals surface area contributed by atoms with Crippen LogP contribution in [0.25, 0.3) is 11.1 Å². The number of hydrogen-bond acceptors (Lipinski definition) is 6. The van der Waals surface area contributed by atoms with E-state index < -0.39 is 24.1 Å². The molecule has 35 heavy (non-hydrogen) atoms. The van der Waals surface area contributed by atoms with Crippen molar-refractivity contribution in [2.45, 2.75) is 18.4 Å². The number of anilines is 1. The molecule has 10 heteroatoms. The summed E-state index contributed by atoms with van der Waals surface area (Å²) in [4.78, 5) is 35.9. The minimum atomic E-state index is -1.10. The summed E-state index contributed by atoms with van der Waals surface area (Å²) in [7, 11) is 2.88. The number of nitrogens with one attached hydrogen (secondary N) is 2. The lowest BCUT2D eigenvalue weighted by molar-refractivity contribution is -0.148. The number of ether oxygens (including phenoxy) is 2. The highest BCUT2D eigenvalue weighted by Crippen LogP contribution is 2.44. The number of fused-ring (bicyclic) bond motifs is 3. The fraction of sp³-hybridized carbons (Fsp3) is 0.280. The Morgan fingerprint density at radius 2 is 1.71 bits per heavy atom. The standard InChI is InChI=1S/C25H26N4O6/c1-29-22(13-20(28-29)23(30)26-12-11-21(34-2)24(31)32)27-25(33)35-14-19-17-9-5-3-7-15(17)16-8-4-6-10-18(16)19/h3-10,13,19,21H,11-12,14H2,1-2H3,(H,26,30)(H,27,33)(H,31,32). The van der Waals surface area contributed by atoms with Gasteiger partial charge in [0, 0.05) is 39.1 Å². The fourth-order valence-electron chi connectivity index (χ4n) is 4.18. The smallest absolute Gasteiger partial charge is 0.412 e. The first kappa shape index (κ1) is 24.0. The summed E-state index contributed by atoms with van der Waals surface area (Å²) in [5.74, 6) is -1.38. The number of carboxylic acid groups (broad SMARTS) is 1. The van der Waals surface area contributed by atoms with Gasteiger partial charge in [-0.05, 0) is 22.3 Å². The van der Waals surface area contributed by atoms with E-state index >= 15 is 0 Å². The quantitative estimate of drug-likeness (QED) is 0.431. The van der Waals surface area contributed by atoms with Crippen LogP contribution < -0.4 is 10.6 Å². The number of rotatable bonds is 9. The van der Waals surface area contributed by atoms with Gasteiger partial charge in [-0.25, -0.2) is 9.59 Å². The second-order valence-corrected chi connectivity index (χ2v) is 8.10. The molecule has 0 saturated heterocycles. The summed E-state index contributed by atoms with van der Waals surface area (Å²) >= 11 is 0. The Morgan fingerprint density at radius 1 is 1.09 bits per heavy atom. The molecular formula is C25H26N4O6. The molecule has 1 aliphatic rings. The number of carbonyl (C=O) groups is 3. The normalized spacial score (nSPS) is 13.0. The zero-order chi connectivity index (χ0) is 24.9. The van der Waals surface area contributed by atoms with Gasteiger partial charge >= 0.3 is 12.1 Å². The Balaban J connectivity index is 1.34. The second-order valence-electron chi connectivity index (χ2n) is 8.10. The molecule has 0 saturated carbocycles. The van der Waals surface area contributed by atoms with Gasteiger partial charge in [-0.3, -0.25) is 14.8 Å². The predicted octanol–water partition coefficient (Wildman–Crippen LogP) is 3.00. The molecule has 1 aliphatic carbocycles. The summed E-state index contributed by atoms with van der Waals surface area (Å²) in [6, 6.07) is 17.5. The molecule has 4 rings (SSSR count). The Kier molecular flexibility index (Phi) is 7.11. The highest BCUT2D eigenvalue weighted by atomic mass is 16.5. The lowest BCUT2D eigenvalue weighted by Crippen LogP contribution is -2.31. The molecule has 1 unspecified atom stereocenters. The van der Waals surface area contributed by atoms with Crippen LogP contribution in [0.4, 0.5) is 10.6 Å². The van der Waals surface area contributed by atoms with E-state index in [2.05, 4.69) is 27.9 Å². The first-order chi connectivity index (χ1) is 16.9. The Morgan fingerprint density at radius 3 is 2.31 bits per heavy atom. The van der Waals surface area contributed by atoms with Crippen LogP contribution in [-0.4, -0.2) is 59.2 Å². The van der Waals surface area contributed by atoms with Gasteiger partial charge in [0.05, 0.1) is 0 Å². The highest BCUT2D eigenvalue weighted by Gasteiger charge is 2.29. The second kappa shape index (κ2) is 10.4. The predicted molar refractivity (Wildman–Crippen MR) is 127 cm³/mol. The lowest BCUT2D eigenvalue weighted by Gasteiger charge is -2.14. The van der Waals surface area contributed by atoms with Crippen LogP contribution in [0.1, 0.15) is 34.0 Å². The number of nitrogens with zero attached hydrogens (tertiary/aromatic N) is 2. The van der Waals surface area contributed by atoms with Crippen LogP contribution in [0.5, 0.6) is 0 Å². The third kappa shape index (κ3) is 5.17. The number of amides is 2. The average molecular weight is 479 g/mol. The van der Waals surface area contributed by atoms with Crippen molar-refractivity contribution in [3.63, 3.8) is 0 Å². The molecule has 10 nitrogen and oxygen atoms in total. The minimum Gasteiger partial charge on any atom is -0.479 e. The molecule has 1 atom stereocenters. The molecule has 0 bridgehead atoms. The maximum absolute atomic E-state index is 12.5. The number of carboxylic acids is 1. The minimum absolute atomic E-state index is 0.0669. The molecule has 3 aromatic rings. The van der Waals surface area contributed by atoms with Crippen molar-refractivity contribution in [2.24, 2.45) is 7.05 Å². The number of benzene rings is 2. The molecule has 1 aromatic heterocycles. The third-order valence-electron chi connectivity index (χ3n) is 5.94. The van der Waals surface area contributed by atoms with E-state index in [0.29, 0.717) is 0 Å². The number of aryl methyl sites for hydroxylation is 1. The third-order valence-corrected chi connectivity index (χ3v) is 5.94. The first-order valence-corrected chi connectivity index (χ1v) is 11.1. The number of methoxy groups -OCH3 is 1. The van der Waals surface area contributed by atoms with Gasteiger partial charge in [0.1, 0.15) is 12.4 Å². The van der Waals surface area contributed by atoms with Gasteiger partial charge in [-0.2, -0.15) is 5.10 Å². The Bertz CT molecular complexity index is 1210. The van der Waals surface area contributed by atoms with Crippen molar-refractivity contribution in [1.82, 2.24) is 15.1 Å². The van der Waals surface area contributed by atoms with Crippen molar-refractivity contribution in [3.8, 4) is 11.1 Å².